The van der Waals surface area contributed by atoms with Crippen molar-refractivity contribution >= 4 is 48.3 Å². The number of rotatable bonds is 8. The molecule has 210 valence electrons. The molecule has 0 aliphatic carbocycles. The smallest absolute Gasteiger partial charge is 0.264 e. The van der Waals surface area contributed by atoms with Crippen molar-refractivity contribution in [1.82, 2.24) is 4.98 Å². The molecule has 0 unspecified atom stereocenters. The fourth-order valence-corrected chi connectivity index (χ4v) is 7.59. The number of benzene rings is 3. The van der Waals surface area contributed by atoms with Crippen molar-refractivity contribution in [2.24, 2.45) is 0 Å². The number of methoxy groups -OCH3 is 2. The summed E-state index contributed by atoms with van der Waals surface area (Å²) >= 11 is 1.30. The normalized spacial score (nSPS) is 13.2. The standard InChI is InChI=1S/C30H27N3O6S2/c1-37-25-15-16-26(38-2)28-27(25)31-30(40-28)32(19-22-9-6-18-39-22)29(34)21-11-13-23(14-12-21)41(35,36)33-17-5-8-20-7-3-4-10-24(20)33/h3-4,6-7,9-16,18H,5,8,17,19H2,1-2H3. The third kappa shape index (κ3) is 4.91. The second-order valence-electron chi connectivity index (χ2n) is 9.45. The molecular formula is C30H27N3O6S2. The number of carbonyl (C=O) groups is 1. The summed E-state index contributed by atoms with van der Waals surface area (Å²) in [4.78, 5) is 20.3. The number of ether oxygens (including phenoxy) is 2. The van der Waals surface area contributed by atoms with Gasteiger partial charge < -0.3 is 13.9 Å². The van der Waals surface area contributed by atoms with E-state index in [0.717, 1.165) is 23.1 Å². The highest BCUT2D eigenvalue weighted by atomic mass is 32.2. The number of sulfonamides is 1. The van der Waals surface area contributed by atoms with Crippen molar-refractivity contribution in [2.75, 3.05) is 30.0 Å². The Balaban J connectivity index is 1.35. The monoisotopic (exact) mass is 589 g/mol. The zero-order valence-corrected chi connectivity index (χ0v) is 24.1. The molecule has 0 radical (unpaired) electrons. The molecule has 0 atom stereocenters. The molecule has 11 heteroatoms. The highest BCUT2D eigenvalue weighted by Gasteiger charge is 2.30. The van der Waals surface area contributed by atoms with E-state index in [1.54, 1.807) is 44.7 Å². The number of furan rings is 1. The fourth-order valence-electron chi connectivity index (χ4n) is 4.98. The Bertz CT molecular complexity index is 1770. The Hall–Kier alpha value is -4.35. The molecule has 5 aromatic rings. The van der Waals surface area contributed by atoms with Gasteiger partial charge in [-0.15, -0.1) is 0 Å². The molecule has 0 fully saturated rings. The molecule has 9 nitrogen and oxygen atoms in total. The van der Waals surface area contributed by atoms with Gasteiger partial charge in [-0.25, -0.2) is 13.4 Å². The number of thiazole rings is 1. The van der Waals surface area contributed by atoms with Crippen LogP contribution >= 0.6 is 11.3 Å². The van der Waals surface area contributed by atoms with Crippen LogP contribution in [0, 0.1) is 0 Å². The summed E-state index contributed by atoms with van der Waals surface area (Å²) in [5, 5.41) is 0.422. The predicted molar refractivity (Wildman–Crippen MR) is 158 cm³/mol. The molecule has 0 spiro atoms. The molecule has 1 aliphatic rings. The van der Waals surface area contributed by atoms with Crippen molar-refractivity contribution in [1.29, 1.82) is 0 Å². The maximum atomic E-state index is 13.9. The molecule has 0 saturated carbocycles. The number of anilines is 2. The Morgan fingerprint density at radius 2 is 1.76 bits per heavy atom. The average Bonchev–Trinajstić information content (AvgIpc) is 3.69. The summed E-state index contributed by atoms with van der Waals surface area (Å²) in [6, 6.07) is 20.7. The van der Waals surface area contributed by atoms with Gasteiger partial charge in [0, 0.05) is 12.1 Å². The average molecular weight is 590 g/mol. The third-order valence-corrected chi connectivity index (χ3v) is 9.95. The Kier molecular flexibility index (Phi) is 7.14. The molecule has 3 heterocycles. The topological polar surface area (TPSA) is 102 Å². The summed E-state index contributed by atoms with van der Waals surface area (Å²) in [5.74, 6) is 1.39. The largest absolute Gasteiger partial charge is 0.495 e. The summed E-state index contributed by atoms with van der Waals surface area (Å²) in [6.07, 6.45) is 3.12. The van der Waals surface area contributed by atoms with Gasteiger partial charge in [-0.1, -0.05) is 29.5 Å². The van der Waals surface area contributed by atoms with E-state index in [1.165, 1.54) is 44.8 Å². The summed E-state index contributed by atoms with van der Waals surface area (Å²) in [7, 11) is -0.675. The molecule has 0 saturated heterocycles. The van der Waals surface area contributed by atoms with E-state index in [9.17, 15) is 13.2 Å². The minimum absolute atomic E-state index is 0.123. The second-order valence-corrected chi connectivity index (χ2v) is 12.3. The van der Waals surface area contributed by atoms with Gasteiger partial charge >= 0.3 is 0 Å². The van der Waals surface area contributed by atoms with E-state index in [2.05, 4.69) is 0 Å². The van der Waals surface area contributed by atoms with Crippen molar-refractivity contribution in [3.63, 3.8) is 0 Å². The molecule has 3 aromatic carbocycles. The quantitative estimate of drug-likeness (QED) is 0.222. The van der Waals surface area contributed by atoms with Gasteiger partial charge in [0.05, 0.1) is 37.6 Å². The lowest BCUT2D eigenvalue weighted by atomic mass is 10.0. The lowest BCUT2D eigenvalue weighted by Gasteiger charge is -2.30. The number of hydrogen-bond donors (Lipinski definition) is 0. The van der Waals surface area contributed by atoms with E-state index in [0.29, 0.717) is 45.7 Å². The number of para-hydroxylation sites is 1. The van der Waals surface area contributed by atoms with Crippen LogP contribution in [0.4, 0.5) is 10.8 Å². The summed E-state index contributed by atoms with van der Waals surface area (Å²) < 4.78 is 46.0. The first-order valence-electron chi connectivity index (χ1n) is 13.0. The van der Waals surface area contributed by atoms with Crippen LogP contribution in [0.5, 0.6) is 11.5 Å². The minimum Gasteiger partial charge on any atom is -0.495 e. The second kappa shape index (κ2) is 10.9. The number of aryl methyl sites for hydroxylation is 1. The first kappa shape index (κ1) is 26.9. The Morgan fingerprint density at radius 1 is 1.00 bits per heavy atom. The minimum atomic E-state index is -3.81. The Labute approximate surface area is 241 Å². The third-order valence-electron chi connectivity index (χ3n) is 7.03. The maximum absolute atomic E-state index is 13.9. The van der Waals surface area contributed by atoms with Gasteiger partial charge in [-0.05, 0) is 73.0 Å². The molecule has 6 rings (SSSR count). The van der Waals surface area contributed by atoms with E-state index in [-0.39, 0.29) is 17.3 Å². The number of amides is 1. The van der Waals surface area contributed by atoms with Crippen molar-refractivity contribution in [3.05, 3.63) is 95.9 Å². The number of hydrogen-bond acceptors (Lipinski definition) is 8. The molecule has 0 bridgehead atoms. The van der Waals surface area contributed by atoms with Gasteiger partial charge in [-0.2, -0.15) is 0 Å². The predicted octanol–water partition coefficient (Wildman–Crippen LogP) is 5.90. The van der Waals surface area contributed by atoms with Gasteiger partial charge in [0.25, 0.3) is 15.9 Å². The van der Waals surface area contributed by atoms with Gasteiger partial charge in [0.15, 0.2) is 5.13 Å². The van der Waals surface area contributed by atoms with Crippen LogP contribution in [0.3, 0.4) is 0 Å². The van der Waals surface area contributed by atoms with E-state index in [4.69, 9.17) is 18.9 Å². The Morgan fingerprint density at radius 3 is 2.49 bits per heavy atom. The number of carbonyl (C=O) groups excluding carboxylic acids is 1. The first-order valence-corrected chi connectivity index (χ1v) is 15.2. The number of aromatic nitrogens is 1. The fraction of sp³-hybridized carbons (Fsp3) is 0.200. The lowest BCUT2D eigenvalue weighted by Crippen LogP contribution is -2.35. The van der Waals surface area contributed by atoms with E-state index < -0.39 is 10.0 Å². The van der Waals surface area contributed by atoms with Crippen LogP contribution in [0.2, 0.25) is 0 Å². The molecule has 41 heavy (non-hydrogen) atoms. The molecular weight excluding hydrogens is 562 g/mol. The van der Waals surface area contributed by atoms with Gasteiger partial charge in [0.1, 0.15) is 27.5 Å². The van der Waals surface area contributed by atoms with Crippen LogP contribution in [-0.4, -0.2) is 40.1 Å². The summed E-state index contributed by atoms with van der Waals surface area (Å²) in [5.41, 5.74) is 2.59. The van der Waals surface area contributed by atoms with Crippen molar-refractivity contribution < 1.29 is 27.1 Å². The number of nitrogens with zero attached hydrogens (tertiary/aromatic N) is 3. The maximum Gasteiger partial charge on any atom is 0.264 e. The van der Waals surface area contributed by atoms with Crippen LogP contribution in [-0.2, 0) is 23.0 Å². The van der Waals surface area contributed by atoms with Crippen molar-refractivity contribution in [2.45, 2.75) is 24.3 Å². The SMILES string of the molecule is COc1ccc(OC)c2sc(N(Cc3ccco3)C(=O)c3ccc(S(=O)(=O)N4CCCc5ccccc54)cc3)nc12. The van der Waals surface area contributed by atoms with Gasteiger partial charge in [-0.3, -0.25) is 14.0 Å². The molecule has 2 aromatic heterocycles. The van der Waals surface area contributed by atoms with Crippen LogP contribution in [0.1, 0.15) is 28.1 Å². The zero-order valence-electron chi connectivity index (χ0n) is 22.4. The summed E-state index contributed by atoms with van der Waals surface area (Å²) in [6.45, 7) is 0.530. The van der Waals surface area contributed by atoms with Crippen LogP contribution < -0.4 is 18.7 Å². The van der Waals surface area contributed by atoms with Gasteiger partial charge in [0.2, 0.25) is 0 Å². The highest BCUT2D eigenvalue weighted by molar-refractivity contribution is 7.92. The zero-order chi connectivity index (χ0) is 28.6. The molecule has 1 amide bonds. The van der Waals surface area contributed by atoms with E-state index in [1.807, 2.05) is 24.3 Å². The van der Waals surface area contributed by atoms with Crippen LogP contribution in [0.15, 0.2) is 88.4 Å². The van der Waals surface area contributed by atoms with Crippen LogP contribution in [0.25, 0.3) is 10.2 Å². The molecule has 0 N–H and O–H groups in total. The lowest BCUT2D eigenvalue weighted by molar-refractivity contribution is 0.0983. The molecule has 1 aliphatic heterocycles. The highest BCUT2D eigenvalue weighted by Crippen LogP contribution is 2.41. The number of fused-ring (bicyclic) bond motifs is 2. The van der Waals surface area contributed by atoms with E-state index >= 15 is 0 Å². The van der Waals surface area contributed by atoms with Crippen molar-refractivity contribution in [3.8, 4) is 11.5 Å². The first-order chi connectivity index (χ1) is 19.9.